The number of carboxylic acid groups (broad SMARTS) is 2. The molecule has 18 heavy (non-hydrogen) atoms. The summed E-state index contributed by atoms with van der Waals surface area (Å²) in [5.74, 6) is -6.00. The lowest BCUT2D eigenvalue weighted by Gasteiger charge is -2.49. The van der Waals surface area contributed by atoms with Crippen LogP contribution in [-0.4, -0.2) is 60.2 Å². The summed E-state index contributed by atoms with van der Waals surface area (Å²) in [6.45, 7) is 2.81. The fourth-order valence-corrected chi connectivity index (χ4v) is 1.65. The van der Waals surface area contributed by atoms with Gasteiger partial charge in [-0.15, -0.1) is 0 Å². The van der Waals surface area contributed by atoms with Gasteiger partial charge < -0.3 is 29.2 Å². The Bertz CT molecular complexity index is 322. The van der Waals surface area contributed by atoms with Crippen molar-refractivity contribution in [2.75, 3.05) is 14.2 Å². The van der Waals surface area contributed by atoms with Crippen molar-refractivity contribution in [3.05, 3.63) is 0 Å². The van der Waals surface area contributed by atoms with E-state index in [1.54, 1.807) is 0 Å². The van der Waals surface area contributed by atoms with Crippen molar-refractivity contribution in [2.24, 2.45) is 0 Å². The smallest absolute Gasteiger partial charge is 0.336 e. The van der Waals surface area contributed by atoms with E-state index in [4.69, 9.17) is 29.2 Å². The van der Waals surface area contributed by atoms with Crippen LogP contribution in [0.4, 0.5) is 0 Å². The quantitative estimate of drug-likeness (QED) is 0.709. The molecule has 2 N–H and O–H groups in total. The normalized spacial score (nSPS) is 40.4. The maximum atomic E-state index is 11.0. The lowest BCUT2D eigenvalue weighted by Crippen LogP contribution is -2.67. The average Bonchev–Trinajstić information content (AvgIpc) is 2.31. The molecule has 1 saturated heterocycles. The maximum Gasteiger partial charge on any atom is 0.336 e. The predicted molar refractivity (Wildman–Crippen MR) is 55.8 cm³/mol. The Balaban J connectivity index is 3.16. The first-order valence-corrected chi connectivity index (χ1v) is 5.12. The second-order valence-corrected chi connectivity index (χ2v) is 4.05. The van der Waals surface area contributed by atoms with Crippen LogP contribution in [0.25, 0.3) is 0 Å². The SMILES string of the molecule is COC1(C)OC(C(=O)O)C(C(=O)O)OC1(C)OC. The topological polar surface area (TPSA) is 112 Å². The molecule has 1 fully saturated rings. The highest BCUT2D eigenvalue weighted by atomic mass is 16.8. The van der Waals surface area contributed by atoms with Gasteiger partial charge in [0, 0.05) is 14.2 Å². The van der Waals surface area contributed by atoms with E-state index in [0.29, 0.717) is 0 Å². The fourth-order valence-electron chi connectivity index (χ4n) is 1.65. The standard InChI is InChI=1S/C10H16O8/c1-9(15-3)10(2,16-4)18-6(8(13)14)5(17-9)7(11)12/h5-6H,1-4H3,(H,11,12)(H,13,14). The lowest BCUT2D eigenvalue weighted by atomic mass is 10.0. The molecular formula is C10H16O8. The number of hydrogen-bond donors (Lipinski definition) is 2. The van der Waals surface area contributed by atoms with Gasteiger partial charge in [0.25, 0.3) is 0 Å². The van der Waals surface area contributed by atoms with Crippen LogP contribution in [0.1, 0.15) is 13.8 Å². The number of rotatable bonds is 4. The van der Waals surface area contributed by atoms with E-state index in [1.807, 2.05) is 0 Å². The first kappa shape index (κ1) is 14.8. The Hall–Kier alpha value is -1.22. The van der Waals surface area contributed by atoms with Gasteiger partial charge in [0.1, 0.15) is 0 Å². The van der Waals surface area contributed by atoms with Crippen LogP contribution >= 0.6 is 0 Å². The van der Waals surface area contributed by atoms with Crippen LogP contribution in [0, 0.1) is 0 Å². The van der Waals surface area contributed by atoms with Gasteiger partial charge in [-0.1, -0.05) is 0 Å². The molecule has 1 aliphatic heterocycles. The zero-order valence-electron chi connectivity index (χ0n) is 10.5. The van der Waals surface area contributed by atoms with Gasteiger partial charge >= 0.3 is 11.9 Å². The van der Waals surface area contributed by atoms with E-state index in [0.717, 1.165) is 0 Å². The molecule has 0 amide bonds. The molecule has 1 aliphatic rings. The molecule has 4 atom stereocenters. The Labute approximate surface area is 103 Å². The van der Waals surface area contributed by atoms with Crippen LogP contribution in [0.15, 0.2) is 0 Å². The summed E-state index contributed by atoms with van der Waals surface area (Å²) >= 11 is 0. The van der Waals surface area contributed by atoms with Crippen LogP contribution in [0.2, 0.25) is 0 Å². The summed E-state index contributed by atoms with van der Waals surface area (Å²) in [7, 11) is 2.56. The number of methoxy groups -OCH3 is 2. The van der Waals surface area contributed by atoms with E-state index in [-0.39, 0.29) is 0 Å². The monoisotopic (exact) mass is 264 g/mol. The number of aliphatic carboxylic acids is 2. The molecule has 0 saturated carbocycles. The van der Waals surface area contributed by atoms with Gasteiger partial charge in [0.15, 0.2) is 12.2 Å². The van der Waals surface area contributed by atoms with Gasteiger partial charge in [-0.3, -0.25) is 0 Å². The maximum absolute atomic E-state index is 11.0. The molecule has 0 aromatic carbocycles. The number of ether oxygens (including phenoxy) is 4. The zero-order valence-corrected chi connectivity index (χ0v) is 10.5. The first-order valence-electron chi connectivity index (χ1n) is 5.12. The Kier molecular flexibility index (Phi) is 3.96. The molecule has 0 aromatic heterocycles. The molecular weight excluding hydrogens is 248 g/mol. The number of carboxylic acids is 2. The van der Waals surface area contributed by atoms with Crippen LogP contribution < -0.4 is 0 Å². The largest absolute Gasteiger partial charge is 0.479 e. The Morgan fingerprint density at radius 1 is 0.944 bits per heavy atom. The summed E-state index contributed by atoms with van der Waals surface area (Å²) in [5.41, 5.74) is 0. The summed E-state index contributed by atoms with van der Waals surface area (Å²) in [6.07, 6.45) is -3.37. The highest BCUT2D eigenvalue weighted by molar-refractivity contribution is 5.84. The minimum atomic E-state index is -1.68. The van der Waals surface area contributed by atoms with Gasteiger partial charge in [-0.05, 0) is 13.8 Å². The van der Waals surface area contributed by atoms with Crippen molar-refractivity contribution >= 4 is 11.9 Å². The minimum absolute atomic E-state index is 1.28. The van der Waals surface area contributed by atoms with E-state index < -0.39 is 35.7 Å². The van der Waals surface area contributed by atoms with Crippen molar-refractivity contribution in [3.63, 3.8) is 0 Å². The van der Waals surface area contributed by atoms with Crippen LogP contribution in [0.5, 0.6) is 0 Å². The molecule has 4 unspecified atom stereocenters. The van der Waals surface area contributed by atoms with Crippen molar-refractivity contribution in [2.45, 2.75) is 37.6 Å². The van der Waals surface area contributed by atoms with Gasteiger partial charge in [0.2, 0.25) is 11.6 Å². The molecule has 0 aliphatic carbocycles. The van der Waals surface area contributed by atoms with Crippen molar-refractivity contribution in [1.29, 1.82) is 0 Å². The first-order chi connectivity index (χ1) is 8.20. The highest BCUT2D eigenvalue weighted by Gasteiger charge is 2.60. The minimum Gasteiger partial charge on any atom is -0.479 e. The van der Waals surface area contributed by atoms with E-state index in [2.05, 4.69) is 0 Å². The number of carbonyl (C=O) groups is 2. The van der Waals surface area contributed by atoms with Crippen molar-refractivity contribution < 1.29 is 38.7 Å². The highest BCUT2D eigenvalue weighted by Crippen LogP contribution is 2.39. The summed E-state index contributed by atoms with van der Waals surface area (Å²) in [5, 5.41) is 17.9. The molecule has 0 aromatic rings. The second-order valence-electron chi connectivity index (χ2n) is 4.05. The Morgan fingerprint density at radius 3 is 1.39 bits per heavy atom. The summed E-state index contributed by atoms with van der Waals surface area (Å²) < 4.78 is 20.6. The molecule has 104 valence electrons. The molecule has 1 rings (SSSR count). The summed E-state index contributed by atoms with van der Waals surface area (Å²) in [4.78, 5) is 22.0. The lowest BCUT2D eigenvalue weighted by molar-refractivity contribution is -0.438. The molecule has 8 nitrogen and oxygen atoms in total. The molecule has 0 spiro atoms. The Morgan fingerprint density at radius 2 is 1.22 bits per heavy atom. The number of hydrogen-bond acceptors (Lipinski definition) is 6. The summed E-state index contributed by atoms with van der Waals surface area (Å²) in [6, 6.07) is 0. The predicted octanol–water partition coefficient (Wildman–Crippen LogP) is -0.335. The second kappa shape index (κ2) is 4.81. The molecule has 8 heteroatoms. The van der Waals surface area contributed by atoms with Gasteiger partial charge in [-0.2, -0.15) is 0 Å². The molecule has 0 radical (unpaired) electrons. The van der Waals surface area contributed by atoms with Crippen LogP contribution in [-0.2, 0) is 28.5 Å². The van der Waals surface area contributed by atoms with E-state index >= 15 is 0 Å². The third-order valence-corrected chi connectivity index (χ3v) is 3.07. The fraction of sp³-hybridized carbons (Fsp3) is 0.800. The third-order valence-electron chi connectivity index (χ3n) is 3.07. The molecule has 0 bridgehead atoms. The van der Waals surface area contributed by atoms with Crippen molar-refractivity contribution in [1.82, 2.24) is 0 Å². The molecule has 1 heterocycles. The zero-order chi connectivity index (χ0) is 14.1. The third kappa shape index (κ3) is 2.19. The van der Waals surface area contributed by atoms with E-state index in [1.165, 1.54) is 28.1 Å². The van der Waals surface area contributed by atoms with Crippen LogP contribution in [0.3, 0.4) is 0 Å². The average molecular weight is 264 g/mol. The van der Waals surface area contributed by atoms with Crippen molar-refractivity contribution in [3.8, 4) is 0 Å². The van der Waals surface area contributed by atoms with E-state index in [9.17, 15) is 9.59 Å². The van der Waals surface area contributed by atoms with Gasteiger partial charge in [-0.25, -0.2) is 9.59 Å². The van der Waals surface area contributed by atoms with Gasteiger partial charge in [0.05, 0.1) is 0 Å².